The summed E-state index contributed by atoms with van der Waals surface area (Å²) in [6.07, 6.45) is 5.87. The summed E-state index contributed by atoms with van der Waals surface area (Å²) in [7, 11) is 0. The van der Waals surface area contributed by atoms with Crippen molar-refractivity contribution in [3.8, 4) is 0 Å². The topological polar surface area (TPSA) is 18.5 Å². The Bertz CT molecular complexity index is 287. The minimum atomic E-state index is 0.340. The van der Waals surface area contributed by atoms with Gasteiger partial charge in [0.25, 0.3) is 0 Å². The highest BCUT2D eigenvalue weighted by Gasteiger charge is 2.31. The second-order valence-corrected chi connectivity index (χ2v) is 8.58. The zero-order valence-electron chi connectivity index (χ0n) is 16.1. The number of ether oxygens (including phenoxy) is 2. The van der Waals surface area contributed by atoms with E-state index in [4.69, 9.17) is 9.47 Å². The predicted molar refractivity (Wildman–Crippen MR) is 95.1 cm³/mol. The van der Waals surface area contributed by atoms with Crippen LogP contribution in [0.2, 0.25) is 0 Å². The molecule has 132 valence electrons. The van der Waals surface area contributed by atoms with Gasteiger partial charge >= 0.3 is 0 Å². The van der Waals surface area contributed by atoms with Gasteiger partial charge in [0.15, 0.2) is 0 Å². The molecule has 1 saturated carbocycles. The summed E-state index contributed by atoms with van der Waals surface area (Å²) in [6.45, 7) is 17.7. The van der Waals surface area contributed by atoms with Crippen LogP contribution in [0.1, 0.15) is 74.1 Å². The van der Waals surface area contributed by atoms with Crippen LogP contribution in [0.4, 0.5) is 0 Å². The van der Waals surface area contributed by atoms with Crippen molar-refractivity contribution >= 4 is 0 Å². The van der Waals surface area contributed by atoms with Gasteiger partial charge in [0.1, 0.15) is 0 Å². The van der Waals surface area contributed by atoms with E-state index in [0.29, 0.717) is 24.0 Å². The highest BCUT2D eigenvalue weighted by atomic mass is 16.5. The predicted octanol–water partition coefficient (Wildman–Crippen LogP) is 5.55. The number of hydrogen-bond acceptors (Lipinski definition) is 2. The van der Waals surface area contributed by atoms with Crippen LogP contribution in [0.15, 0.2) is 0 Å². The second-order valence-electron chi connectivity index (χ2n) is 8.58. The minimum Gasteiger partial charge on any atom is -0.378 e. The molecule has 0 aromatic rings. The molecule has 0 aromatic heterocycles. The first-order valence-electron chi connectivity index (χ1n) is 9.52. The zero-order chi connectivity index (χ0) is 16.7. The average Bonchev–Trinajstić information content (AvgIpc) is 2.42. The fourth-order valence-electron chi connectivity index (χ4n) is 3.65. The third-order valence-corrected chi connectivity index (χ3v) is 5.00. The van der Waals surface area contributed by atoms with E-state index in [2.05, 4.69) is 48.5 Å². The standard InChI is InChI=1S/C20H40O2/c1-14(2)12-21-18(7)10-17(6)13-22-20-11-16(5)8-9-19(20)15(3)4/h14-20H,8-13H2,1-7H3. The molecule has 0 radical (unpaired) electrons. The number of rotatable bonds is 9. The van der Waals surface area contributed by atoms with Crippen molar-refractivity contribution in [3.63, 3.8) is 0 Å². The van der Waals surface area contributed by atoms with E-state index in [0.717, 1.165) is 37.4 Å². The molecule has 2 nitrogen and oxygen atoms in total. The molecule has 1 aliphatic rings. The van der Waals surface area contributed by atoms with Crippen molar-refractivity contribution in [2.75, 3.05) is 13.2 Å². The van der Waals surface area contributed by atoms with E-state index in [1.165, 1.54) is 19.3 Å². The Hall–Kier alpha value is -0.0800. The Morgan fingerprint density at radius 3 is 2.23 bits per heavy atom. The largest absolute Gasteiger partial charge is 0.378 e. The maximum Gasteiger partial charge on any atom is 0.0608 e. The summed E-state index contributed by atoms with van der Waals surface area (Å²) in [4.78, 5) is 0. The lowest BCUT2D eigenvalue weighted by atomic mass is 9.75. The van der Waals surface area contributed by atoms with Crippen LogP contribution in [0.5, 0.6) is 0 Å². The van der Waals surface area contributed by atoms with Gasteiger partial charge in [-0.05, 0) is 55.8 Å². The molecule has 1 rings (SSSR count). The lowest BCUT2D eigenvalue weighted by Gasteiger charge is -2.37. The SMILES string of the molecule is CC(C)COC(C)CC(C)COC1CC(C)CCC1C(C)C. The molecule has 0 aliphatic heterocycles. The van der Waals surface area contributed by atoms with Gasteiger partial charge in [-0.1, -0.05) is 48.0 Å². The highest BCUT2D eigenvalue weighted by molar-refractivity contribution is 4.81. The van der Waals surface area contributed by atoms with Gasteiger partial charge < -0.3 is 9.47 Å². The summed E-state index contributed by atoms with van der Waals surface area (Å²) in [5.74, 6) is 3.50. The van der Waals surface area contributed by atoms with Gasteiger partial charge in [-0.3, -0.25) is 0 Å². The van der Waals surface area contributed by atoms with Crippen LogP contribution in [0.25, 0.3) is 0 Å². The first kappa shape index (κ1) is 20.0. The Morgan fingerprint density at radius 1 is 0.955 bits per heavy atom. The first-order valence-corrected chi connectivity index (χ1v) is 9.52. The second kappa shape index (κ2) is 9.93. The molecule has 1 fully saturated rings. The van der Waals surface area contributed by atoms with E-state index < -0.39 is 0 Å². The molecule has 2 heteroatoms. The van der Waals surface area contributed by atoms with Gasteiger partial charge in [0.05, 0.1) is 12.2 Å². The molecule has 0 aromatic carbocycles. The van der Waals surface area contributed by atoms with Crippen molar-refractivity contribution in [3.05, 3.63) is 0 Å². The molecule has 1 aliphatic carbocycles. The fourth-order valence-corrected chi connectivity index (χ4v) is 3.65. The van der Waals surface area contributed by atoms with Crippen molar-refractivity contribution < 1.29 is 9.47 Å². The molecule has 5 atom stereocenters. The molecule has 0 heterocycles. The van der Waals surface area contributed by atoms with Crippen LogP contribution >= 0.6 is 0 Å². The fraction of sp³-hybridized carbons (Fsp3) is 1.00. The Morgan fingerprint density at radius 2 is 1.64 bits per heavy atom. The van der Waals surface area contributed by atoms with Crippen molar-refractivity contribution in [1.82, 2.24) is 0 Å². The van der Waals surface area contributed by atoms with Crippen molar-refractivity contribution in [1.29, 1.82) is 0 Å². The van der Waals surface area contributed by atoms with Crippen LogP contribution in [0, 0.1) is 29.6 Å². The van der Waals surface area contributed by atoms with E-state index in [1.54, 1.807) is 0 Å². The van der Waals surface area contributed by atoms with Crippen molar-refractivity contribution in [2.45, 2.75) is 86.4 Å². The van der Waals surface area contributed by atoms with E-state index in [9.17, 15) is 0 Å². The normalized spacial score (nSPS) is 29.0. The first-order chi connectivity index (χ1) is 10.3. The molecule has 0 amide bonds. The summed E-state index contributed by atoms with van der Waals surface area (Å²) >= 11 is 0. The monoisotopic (exact) mass is 312 g/mol. The van der Waals surface area contributed by atoms with Gasteiger partial charge in [-0.2, -0.15) is 0 Å². The van der Waals surface area contributed by atoms with Gasteiger partial charge in [0, 0.05) is 13.2 Å². The molecule has 22 heavy (non-hydrogen) atoms. The lowest BCUT2D eigenvalue weighted by molar-refractivity contribution is -0.0570. The number of hydrogen-bond donors (Lipinski definition) is 0. The Labute approximate surface area is 139 Å². The third-order valence-electron chi connectivity index (χ3n) is 5.00. The summed E-state index contributed by atoms with van der Waals surface area (Å²) in [5.41, 5.74) is 0. The van der Waals surface area contributed by atoms with E-state index >= 15 is 0 Å². The molecular formula is C20H40O2. The quantitative estimate of drug-likeness (QED) is 0.555. The summed E-state index contributed by atoms with van der Waals surface area (Å²) in [6, 6.07) is 0. The van der Waals surface area contributed by atoms with Gasteiger partial charge in [-0.25, -0.2) is 0 Å². The lowest BCUT2D eigenvalue weighted by Crippen LogP contribution is -2.35. The van der Waals surface area contributed by atoms with Gasteiger partial charge in [0.2, 0.25) is 0 Å². The Balaban J connectivity index is 2.33. The summed E-state index contributed by atoms with van der Waals surface area (Å²) in [5, 5.41) is 0. The van der Waals surface area contributed by atoms with Crippen LogP contribution < -0.4 is 0 Å². The molecule has 0 saturated heterocycles. The van der Waals surface area contributed by atoms with E-state index in [-0.39, 0.29) is 0 Å². The molecular weight excluding hydrogens is 272 g/mol. The van der Waals surface area contributed by atoms with Crippen molar-refractivity contribution in [2.24, 2.45) is 29.6 Å². The molecule has 0 N–H and O–H groups in total. The minimum absolute atomic E-state index is 0.340. The maximum atomic E-state index is 6.36. The molecule has 0 spiro atoms. The van der Waals surface area contributed by atoms with Crippen LogP contribution in [-0.2, 0) is 9.47 Å². The Kier molecular flexibility index (Phi) is 9.01. The smallest absolute Gasteiger partial charge is 0.0608 e. The van der Waals surface area contributed by atoms with Crippen LogP contribution in [0.3, 0.4) is 0 Å². The highest BCUT2D eigenvalue weighted by Crippen LogP contribution is 2.35. The maximum absolute atomic E-state index is 6.36. The van der Waals surface area contributed by atoms with E-state index in [1.807, 2.05) is 0 Å². The van der Waals surface area contributed by atoms with Crippen LogP contribution in [-0.4, -0.2) is 25.4 Å². The molecule has 0 bridgehead atoms. The third kappa shape index (κ3) is 7.46. The molecule has 5 unspecified atom stereocenters. The summed E-state index contributed by atoms with van der Waals surface area (Å²) < 4.78 is 12.2. The zero-order valence-corrected chi connectivity index (χ0v) is 16.1. The van der Waals surface area contributed by atoms with Gasteiger partial charge in [-0.15, -0.1) is 0 Å². The average molecular weight is 313 g/mol.